The Bertz CT molecular complexity index is 2070. The van der Waals surface area contributed by atoms with E-state index < -0.39 is 0 Å². The number of carbonyl (C=O) groups excluding carboxylic acids is 2. The van der Waals surface area contributed by atoms with Gasteiger partial charge in [0, 0.05) is 77.3 Å². The fraction of sp³-hybridized carbons (Fsp3) is 0.527. The van der Waals surface area contributed by atoms with E-state index in [4.69, 9.17) is 9.47 Å². The number of hydrogen-bond donors (Lipinski definition) is 0. The van der Waals surface area contributed by atoms with Gasteiger partial charge in [0.2, 0.25) is 0 Å². The molecule has 10 nitrogen and oxygen atoms in total. The molecule has 2 aliphatic heterocycles. The molecule has 8 rings (SSSR count). The van der Waals surface area contributed by atoms with Crippen LogP contribution in [0.25, 0.3) is 0 Å². The molecular weight excluding hydrogens is 809 g/mol. The molecule has 0 radical (unpaired) electrons. The van der Waals surface area contributed by atoms with Crippen LogP contribution in [0.5, 0.6) is 0 Å². The first kappa shape index (κ1) is 47.9. The molecular formula is C55H76N6O4. The zero-order valence-electron chi connectivity index (χ0n) is 40.0. The molecule has 4 aliphatic rings. The van der Waals surface area contributed by atoms with Crippen molar-refractivity contribution in [2.75, 3.05) is 88.8 Å². The fourth-order valence-electron chi connectivity index (χ4n) is 10.2. The van der Waals surface area contributed by atoms with Crippen LogP contribution in [-0.2, 0) is 35.5 Å². The summed E-state index contributed by atoms with van der Waals surface area (Å²) in [6.45, 7) is 19.2. The molecule has 2 amide bonds. The molecule has 2 unspecified atom stereocenters. The van der Waals surface area contributed by atoms with Gasteiger partial charge in [-0.2, -0.15) is 0 Å². The normalized spacial score (nSPS) is 18.7. The highest BCUT2D eigenvalue weighted by molar-refractivity contribution is 5.69. The number of fused-ring (bicyclic) bond motifs is 2. The molecule has 0 bridgehead atoms. The maximum Gasteiger partial charge on any atom is 0.410 e. The predicted molar refractivity (Wildman–Crippen MR) is 265 cm³/mol. The standard InChI is InChI=1S/C29H41N3O2.C26H35N3O2/c1-3-5-17-32(29(33)34-23-24-10-7-6-8-11-24)28-13-9-12-25-14-15-26(22-27(25)28)31-20-18-30(16-4-2)19-21-31;1-3-14-28-15-17-29(18-16-28)23-13-12-22-10-7-11-25(24(22)19-23)27(2)26(30)31-20-21-8-5-4-6-9-21/h6-8,10-11,14-15,22,28H,3-5,9,12-13,16-21,23H2,1-2H3;4-6,8-9,12-13,19,25H,3,7,10-11,14-18,20H2,1-2H3. The smallest absolute Gasteiger partial charge is 0.410 e. The van der Waals surface area contributed by atoms with Crippen molar-refractivity contribution in [2.45, 2.75) is 110 Å². The Balaban J connectivity index is 0.000000195. The second-order valence-corrected chi connectivity index (χ2v) is 18.5. The number of nitrogens with zero attached hydrogens (tertiary/aromatic N) is 6. The molecule has 2 atom stereocenters. The zero-order valence-corrected chi connectivity index (χ0v) is 40.0. The fourth-order valence-corrected chi connectivity index (χ4v) is 10.2. The van der Waals surface area contributed by atoms with E-state index in [1.165, 1.54) is 59.6 Å². The van der Waals surface area contributed by atoms with Gasteiger partial charge in [-0.15, -0.1) is 0 Å². The van der Waals surface area contributed by atoms with Gasteiger partial charge in [0.1, 0.15) is 13.2 Å². The van der Waals surface area contributed by atoms with Crippen molar-refractivity contribution >= 4 is 23.6 Å². The maximum atomic E-state index is 13.3. The lowest BCUT2D eigenvalue weighted by Crippen LogP contribution is -2.46. The molecule has 0 N–H and O–H groups in total. The summed E-state index contributed by atoms with van der Waals surface area (Å²) in [6.07, 6.45) is 10.4. The number of anilines is 2. The third-order valence-corrected chi connectivity index (χ3v) is 13.9. The highest BCUT2D eigenvalue weighted by atomic mass is 16.6. The SMILES string of the molecule is CCCCN(C(=O)OCc1ccccc1)C1CCCc2ccc(N3CCN(CCC)CC3)cc21.CCCN1CCN(c2ccc3c(c2)C(N(C)C(=O)OCc2ccccc2)CCC3)CC1. The molecule has 2 fully saturated rings. The Morgan fingerprint density at radius 1 is 0.569 bits per heavy atom. The van der Waals surface area contributed by atoms with Crippen LogP contribution >= 0.6 is 0 Å². The number of unbranched alkanes of at least 4 members (excludes halogenated alkanes) is 1. The van der Waals surface area contributed by atoms with Crippen molar-refractivity contribution in [1.29, 1.82) is 0 Å². The molecule has 4 aromatic rings. The number of amides is 2. The van der Waals surface area contributed by atoms with Crippen LogP contribution in [0.3, 0.4) is 0 Å². The topological polar surface area (TPSA) is 72.0 Å². The van der Waals surface area contributed by atoms with Crippen LogP contribution in [0.1, 0.15) is 118 Å². The number of ether oxygens (including phenoxy) is 2. The molecule has 10 heteroatoms. The summed E-state index contributed by atoms with van der Waals surface area (Å²) in [6, 6.07) is 33.9. The number of hydrogen-bond acceptors (Lipinski definition) is 8. The lowest BCUT2D eigenvalue weighted by atomic mass is 9.86. The van der Waals surface area contributed by atoms with Crippen LogP contribution < -0.4 is 9.80 Å². The van der Waals surface area contributed by atoms with Gasteiger partial charge in [-0.25, -0.2) is 9.59 Å². The van der Waals surface area contributed by atoms with E-state index in [1.807, 2.05) is 72.6 Å². The van der Waals surface area contributed by atoms with E-state index in [9.17, 15) is 9.59 Å². The van der Waals surface area contributed by atoms with Gasteiger partial charge in [-0.1, -0.05) is 100.0 Å². The van der Waals surface area contributed by atoms with Crippen LogP contribution in [0, 0.1) is 0 Å². The van der Waals surface area contributed by atoms with Gasteiger partial charge in [-0.3, -0.25) is 9.80 Å². The van der Waals surface area contributed by atoms with Gasteiger partial charge < -0.3 is 29.1 Å². The summed E-state index contributed by atoms with van der Waals surface area (Å²) in [5.41, 5.74) is 10.0. The lowest BCUT2D eigenvalue weighted by Gasteiger charge is -2.38. The summed E-state index contributed by atoms with van der Waals surface area (Å²) in [5, 5.41) is 0. The largest absolute Gasteiger partial charge is 0.445 e. The predicted octanol–water partition coefficient (Wildman–Crippen LogP) is 10.9. The van der Waals surface area contributed by atoms with E-state index in [0.29, 0.717) is 13.2 Å². The van der Waals surface area contributed by atoms with Gasteiger partial charge in [-0.05, 0) is 129 Å². The van der Waals surface area contributed by atoms with Crippen molar-refractivity contribution in [1.82, 2.24) is 19.6 Å². The second-order valence-electron chi connectivity index (χ2n) is 18.5. The van der Waals surface area contributed by atoms with Crippen LogP contribution in [0.15, 0.2) is 97.1 Å². The van der Waals surface area contributed by atoms with Crippen molar-refractivity contribution < 1.29 is 19.1 Å². The molecule has 2 aliphatic carbocycles. The van der Waals surface area contributed by atoms with E-state index >= 15 is 0 Å². The van der Waals surface area contributed by atoms with Crippen molar-refractivity contribution in [3.8, 4) is 0 Å². The summed E-state index contributed by atoms with van der Waals surface area (Å²) in [4.78, 5) is 40.0. The summed E-state index contributed by atoms with van der Waals surface area (Å²) in [5.74, 6) is 0. The Labute approximate surface area is 390 Å². The summed E-state index contributed by atoms with van der Waals surface area (Å²) in [7, 11) is 1.88. The monoisotopic (exact) mass is 885 g/mol. The van der Waals surface area contributed by atoms with Gasteiger partial charge >= 0.3 is 12.2 Å². The number of piperazine rings is 2. The van der Waals surface area contributed by atoms with E-state index in [0.717, 1.165) is 121 Å². The molecule has 2 saturated heterocycles. The van der Waals surface area contributed by atoms with E-state index in [2.05, 4.69) is 76.8 Å². The molecule has 350 valence electrons. The first-order valence-electron chi connectivity index (χ1n) is 25.0. The van der Waals surface area contributed by atoms with Crippen LogP contribution in [0.4, 0.5) is 21.0 Å². The molecule has 0 saturated carbocycles. The summed E-state index contributed by atoms with van der Waals surface area (Å²) < 4.78 is 11.4. The van der Waals surface area contributed by atoms with Gasteiger partial charge in [0.15, 0.2) is 0 Å². The maximum absolute atomic E-state index is 13.3. The van der Waals surface area contributed by atoms with Gasteiger partial charge in [0.25, 0.3) is 0 Å². The van der Waals surface area contributed by atoms with Crippen molar-refractivity contribution in [2.24, 2.45) is 0 Å². The zero-order chi connectivity index (χ0) is 45.4. The van der Waals surface area contributed by atoms with Crippen LogP contribution in [0.2, 0.25) is 0 Å². The molecule has 0 aromatic heterocycles. The third-order valence-electron chi connectivity index (χ3n) is 13.9. The summed E-state index contributed by atoms with van der Waals surface area (Å²) >= 11 is 0. The second kappa shape index (κ2) is 24.5. The molecule has 2 heterocycles. The minimum atomic E-state index is -0.250. The first-order valence-corrected chi connectivity index (χ1v) is 25.0. The average Bonchev–Trinajstić information content (AvgIpc) is 3.36. The number of rotatable bonds is 15. The Morgan fingerprint density at radius 3 is 1.51 bits per heavy atom. The third kappa shape index (κ3) is 13.1. The highest BCUT2D eigenvalue weighted by Crippen LogP contribution is 2.39. The van der Waals surface area contributed by atoms with Crippen molar-refractivity contribution in [3.05, 3.63) is 130 Å². The molecule has 4 aromatic carbocycles. The van der Waals surface area contributed by atoms with Crippen molar-refractivity contribution in [3.63, 3.8) is 0 Å². The quantitative estimate of drug-likeness (QED) is 0.117. The van der Waals surface area contributed by atoms with E-state index in [-0.39, 0.29) is 24.3 Å². The minimum Gasteiger partial charge on any atom is -0.445 e. The number of aryl methyl sites for hydroxylation is 2. The molecule has 65 heavy (non-hydrogen) atoms. The molecule has 0 spiro atoms. The van der Waals surface area contributed by atoms with E-state index in [1.54, 1.807) is 4.90 Å². The Kier molecular flexibility index (Phi) is 18.0. The number of benzene rings is 4. The lowest BCUT2D eigenvalue weighted by molar-refractivity contribution is 0.0756. The number of carbonyl (C=O) groups is 2. The Morgan fingerprint density at radius 2 is 1.03 bits per heavy atom. The highest BCUT2D eigenvalue weighted by Gasteiger charge is 2.32. The van der Waals surface area contributed by atoms with Gasteiger partial charge in [0.05, 0.1) is 12.1 Å². The average molecular weight is 885 g/mol. The minimum absolute atomic E-state index is 0.0772. The van der Waals surface area contributed by atoms with Crippen LogP contribution in [-0.4, -0.2) is 111 Å². The Hall–Kier alpha value is -5.06. The first-order chi connectivity index (χ1) is 31.8.